The zero-order valence-corrected chi connectivity index (χ0v) is 11.3. The van der Waals surface area contributed by atoms with Crippen LogP contribution in [0.2, 0.25) is 0 Å². The lowest BCUT2D eigenvalue weighted by atomic mass is 10.2. The predicted octanol–water partition coefficient (Wildman–Crippen LogP) is 3.33. The van der Waals surface area contributed by atoms with Gasteiger partial charge >= 0.3 is 12.1 Å². The zero-order valence-electron chi connectivity index (χ0n) is 10.5. The number of carboxylic acid groups (broad SMARTS) is 1. The van der Waals surface area contributed by atoms with Crippen LogP contribution in [0.25, 0.3) is 0 Å². The van der Waals surface area contributed by atoms with Crippen LogP contribution in [-0.4, -0.2) is 26.8 Å². The Labute approximate surface area is 117 Å². The van der Waals surface area contributed by atoms with Crippen LogP contribution in [-0.2, 0) is 11.0 Å². The summed E-state index contributed by atoms with van der Waals surface area (Å²) >= 11 is 1.07. The van der Waals surface area contributed by atoms with E-state index in [0.717, 1.165) is 30.7 Å². The highest BCUT2D eigenvalue weighted by Crippen LogP contribution is 2.41. The molecule has 20 heavy (non-hydrogen) atoms. The molecule has 110 valence electrons. The van der Waals surface area contributed by atoms with E-state index in [2.05, 4.69) is 9.97 Å². The van der Waals surface area contributed by atoms with Crippen LogP contribution in [0.3, 0.4) is 0 Å². The van der Waals surface area contributed by atoms with Crippen LogP contribution in [0.15, 0.2) is 11.2 Å². The molecular formula is C12H13F3N2O2S. The van der Waals surface area contributed by atoms with Crippen molar-refractivity contribution in [1.29, 1.82) is 0 Å². The molecule has 0 aliphatic heterocycles. The highest BCUT2D eigenvalue weighted by molar-refractivity contribution is 7.99. The first-order valence-corrected chi connectivity index (χ1v) is 7.15. The van der Waals surface area contributed by atoms with Crippen LogP contribution < -0.4 is 0 Å². The molecule has 0 spiro atoms. The maximum atomic E-state index is 12.7. The molecule has 2 rings (SSSR count). The van der Waals surface area contributed by atoms with E-state index in [1.54, 1.807) is 0 Å². The van der Waals surface area contributed by atoms with E-state index in [-0.39, 0.29) is 17.5 Å². The summed E-state index contributed by atoms with van der Waals surface area (Å²) < 4.78 is 38.2. The van der Waals surface area contributed by atoms with Crippen LogP contribution in [0.5, 0.6) is 0 Å². The Morgan fingerprint density at radius 2 is 2.10 bits per heavy atom. The van der Waals surface area contributed by atoms with E-state index >= 15 is 0 Å². The third kappa shape index (κ3) is 4.36. The fourth-order valence-electron chi connectivity index (χ4n) is 1.63. The minimum absolute atomic E-state index is 0.0125. The van der Waals surface area contributed by atoms with Gasteiger partial charge in [0.1, 0.15) is 5.69 Å². The van der Waals surface area contributed by atoms with Gasteiger partial charge in [0, 0.05) is 23.8 Å². The van der Waals surface area contributed by atoms with Gasteiger partial charge in [-0.1, -0.05) is 11.8 Å². The summed E-state index contributed by atoms with van der Waals surface area (Å²) in [5.41, 5.74) is -0.483. The molecule has 1 aromatic heterocycles. The van der Waals surface area contributed by atoms with Crippen LogP contribution in [0, 0.1) is 0 Å². The van der Waals surface area contributed by atoms with Crippen molar-refractivity contribution in [2.75, 3.05) is 5.75 Å². The summed E-state index contributed by atoms with van der Waals surface area (Å²) in [4.78, 5) is 18.0. The average molecular weight is 306 g/mol. The van der Waals surface area contributed by atoms with Gasteiger partial charge in [-0.3, -0.25) is 4.79 Å². The number of rotatable bonds is 6. The van der Waals surface area contributed by atoms with Gasteiger partial charge in [0.05, 0.1) is 0 Å². The lowest BCUT2D eigenvalue weighted by Crippen LogP contribution is -2.11. The van der Waals surface area contributed by atoms with Crippen molar-refractivity contribution >= 4 is 17.7 Å². The number of hydrogen-bond acceptors (Lipinski definition) is 4. The molecule has 4 nitrogen and oxygen atoms in total. The highest BCUT2D eigenvalue weighted by Gasteiger charge is 2.35. The second kappa shape index (κ2) is 5.99. The lowest BCUT2D eigenvalue weighted by Gasteiger charge is -2.09. The summed E-state index contributed by atoms with van der Waals surface area (Å²) in [6.45, 7) is 0. The van der Waals surface area contributed by atoms with Gasteiger partial charge in [-0.2, -0.15) is 13.2 Å². The minimum atomic E-state index is -4.48. The van der Waals surface area contributed by atoms with Crippen LogP contribution in [0.1, 0.15) is 43.0 Å². The van der Waals surface area contributed by atoms with Crippen molar-refractivity contribution in [3.05, 3.63) is 17.5 Å². The van der Waals surface area contributed by atoms with Crippen molar-refractivity contribution in [3.63, 3.8) is 0 Å². The average Bonchev–Trinajstić information content (AvgIpc) is 3.17. The molecule has 1 aliphatic carbocycles. The van der Waals surface area contributed by atoms with Gasteiger partial charge in [-0.15, -0.1) is 0 Å². The number of aromatic nitrogens is 2. The number of halogens is 3. The highest BCUT2D eigenvalue weighted by atomic mass is 32.2. The number of carbonyl (C=O) groups is 1. The number of thioether (sulfide) groups is 1. The molecule has 8 heteroatoms. The Morgan fingerprint density at radius 1 is 1.40 bits per heavy atom. The molecule has 0 amide bonds. The van der Waals surface area contributed by atoms with Gasteiger partial charge in [0.15, 0.2) is 5.16 Å². The largest absolute Gasteiger partial charge is 0.481 e. The topological polar surface area (TPSA) is 63.1 Å². The first-order chi connectivity index (χ1) is 9.36. The molecule has 0 atom stereocenters. The molecule has 1 heterocycles. The Hall–Kier alpha value is -1.31. The van der Waals surface area contributed by atoms with Gasteiger partial charge in [0.25, 0.3) is 0 Å². The Morgan fingerprint density at radius 3 is 2.65 bits per heavy atom. The van der Waals surface area contributed by atoms with Crippen molar-refractivity contribution in [2.45, 2.75) is 42.9 Å². The molecule has 1 saturated carbocycles. The summed E-state index contributed by atoms with van der Waals surface area (Å²) in [5, 5.41) is 8.57. The second-order valence-corrected chi connectivity index (χ2v) is 5.64. The summed E-state index contributed by atoms with van der Waals surface area (Å²) in [6, 6.07) is 1.01. The van der Waals surface area contributed by atoms with E-state index in [0.29, 0.717) is 17.9 Å². The monoisotopic (exact) mass is 306 g/mol. The molecule has 0 unspecified atom stereocenters. The molecule has 0 saturated heterocycles. The molecule has 0 bridgehead atoms. The van der Waals surface area contributed by atoms with E-state index < -0.39 is 17.8 Å². The summed E-state index contributed by atoms with van der Waals surface area (Å²) in [7, 11) is 0. The van der Waals surface area contributed by atoms with Gasteiger partial charge in [-0.25, -0.2) is 9.97 Å². The molecule has 0 radical (unpaired) electrons. The number of carboxylic acids is 1. The smallest absolute Gasteiger partial charge is 0.433 e. The quantitative estimate of drug-likeness (QED) is 0.496. The number of nitrogens with zero attached hydrogens (tertiary/aromatic N) is 2. The fraction of sp³-hybridized carbons (Fsp3) is 0.583. The van der Waals surface area contributed by atoms with Crippen molar-refractivity contribution in [3.8, 4) is 0 Å². The Balaban J connectivity index is 2.07. The molecule has 1 aromatic rings. The SMILES string of the molecule is O=C(O)CCCSc1nc(C2CC2)cc(C(F)(F)F)n1. The van der Waals surface area contributed by atoms with E-state index in [4.69, 9.17) is 5.11 Å². The molecular weight excluding hydrogens is 293 g/mol. The third-order valence-corrected chi connectivity index (χ3v) is 3.71. The molecule has 1 fully saturated rings. The first-order valence-electron chi connectivity index (χ1n) is 6.17. The second-order valence-electron chi connectivity index (χ2n) is 4.58. The predicted molar refractivity (Wildman–Crippen MR) is 66.6 cm³/mol. The minimum Gasteiger partial charge on any atom is -0.481 e. The van der Waals surface area contributed by atoms with Gasteiger partial charge < -0.3 is 5.11 Å². The standard InChI is InChI=1S/C12H13F3N2O2S/c13-12(14,15)9-6-8(7-3-4-7)16-11(17-9)20-5-1-2-10(18)19/h6-7H,1-5H2,(H,18,19). The maximum Gasteiger partial charge on any atom is 0.433 e. The lowest BCUT2D eigenvalue weighted by molar-refractivity contribution is -0.141. The van der Waals surface area contributed by atoms with Gasteiger partial charge in [0.2, 0.25) is 0 Å². The van der Waals surface area contributed by atoms with Crippen LogP contribution in [0.4, 0.5) is 13.2 Å². The van der Waals surface area contributed by atoms with E-state index in [1.165, 1.54) is 0 Å². The third-order valence-electron chi connectivity index (χ3n) is 2.78. The normalized spacial score (nSPS) is 15.3. The Kier molecular flexibility index (Phi) is 4.52. The summed E-state index contributed by atoms with van der Waals surface area (Å²) in [5.74, 6) is -0.427. The van der Waals surface area contributed by atoms with Crippen LogP contribution >= 0.6 is 11.8 Å². The molecule has 0 aromatic carbocycles. The zero-order chi connectivity index (χ0) is 14.8. The maximum absolute atomic E-state index is 12.7. The fourth-order valence-corrected chi connectivity index (χ4v) is 2.43. The molecule has 1 N–H and O–H groups in total. The van der Waals surface area contributed by atoms with E-state index in [1.807, 2.05) is 0 Å². The van der Waals surface area contributed by atoms with Crippen molar-refractivity contribution < 1.29 is 23.1 Å². The number of alkyl halides is 3. The van der Waals surface area contributed by atoms with Crippen molar-refractivity contribution in [1.82, 2.24) is 9.97 Å². The number of aliphatic carboxylic acids is 1. The van der Waals surface area contributed by atoms with Gasteiger partial charge in [-0.05, 0) is 25.3 Å². The van der Waals surface area contributed by atoms with E-state index in [9.17, 15) is 18.0 Å². The number of hydrogen-bond donors (Lipinski definition) is 1. The summed E-state index contributed by atoms with van der Waals surface area (Å²) in [6.07, 6.45) is -2.41. The molecule has 1 aliphatic rings. The van der Waals surface area contributed by atoms with Crippen molar-refractivity contribution in [2.24, 2.45) is 0 Å². The first kappa shape index (κ1) is 15.1. The Bertz CT molecular complexity index is 504.